The smallest absolute Gasteiger partial charge is 0.156 e. The summed E-state index contributed by atoms with van der Waals surface area (Å²) >= 11 is 0. The predicted octanol–water partition coefficient (Wildman–Crippen LogP) is 4.00. The number of benzene rings is 1. The highest BCUT2D eigenvalue weighted by Gasteiger charge is 2.17. The van der Waals surface area contributed by atoms with E-state index in [1.54, 1.807) is 6.20 Å². The van der Waals surface area contributed by atoms with Crippen molar-refractivity contribution in [1.82, 2.24) is 29.2 Å². The first-order chi connectivity index (χ1) is 15.7. The van der Waals surface area contributed by atoms with Crippen molar-refractivity contribution in [3.8, 4) is 22.4 Å². The van der Waals surface area contributed by atoms with Crippen LogP contribution in [0.25, 0.3) is 39.2 Å². The van der Waals surface area contributed by atoms with E-state index in [1.165, 1.54) is 11.3 Å². The monoisotopic (exact) mass is 423 g/mol. The average Bonchev–Trinajstić information content (AvgIpc) is 3.45. The van der Waals surface area contributed by atoms with Crippen LogP contribution in [0, 0.1) is 6.92 Å². The summed E-state index contributed by atoms with van der Waals surface area (Å²) in [6, 6.07) is 10.7. The topological polar surface area (TPSA) is 65.4 Å². The molecule has 5 heterocycles. The van der Waals surface area contributed by atoms with E-state index in [0.29, 0.717) is 0 Å². The molecule has 0 atom stereocenters. The maximum atomic E-state index is 5.00. The zero-order chi connectivity index (χ0) is 21.7. The van der Waals surface area contributed by atoms with Gasteiger partial charge in [-0.2, -0.15) is 0 Å². The van der Waals surface area contributed by atoms with Crippen LogP contribution in [0.15, 0.2) is 61.3 Å². The molecule has 160 valence electrons. The number of aryl methyl sites for hydroxylation is 1. The summed E-state index contributed by atoms with van der Waals surface area (Å²) in [7, 11) is 2.19. The lowest BCUT2D eigenvalue weighted by atomic mass is 10.1. The van der Waals surface area contributed by atoms with E-state index in [0.717, 1.165) is 65.4 Å². The van der Waals surface area contributed by atoms with Gasteiger partial charge >= 0.3 is 0 Å². The second-order valence-electron chi connectivity index (χ2n) is 8.56. The molecule has 1 aromatic carbocycles. The molecule has 1 fully saturated rings. The molecular formula is C25H25N7. The Kier molecular flexibility index (Phi) is 4.43. The summed E-state index contributed by atoms with van der Waals surface area (Å²) in [5.74, 6) is 0. The third-order valence-corrected chi connectivity index (χ3v) is 6.42. The van der Waals surface area contributed by atoms with E-state index in [4.69, 9.17) is 4.98 Å². The van der Waals surface area contributed by atoms with Gasteiger partial charge in [0.1, 0.15) is 11.2 Å². The Morgan fingerprint density at radius 2 is 1.81 bits per heavy atom. The fourth-order valence-electron chi connectivity index (χ4n) is 4.55. The number of anilines is 1. The summed E-state index contributed by atoms with van der Waals surface area (Å²) in [5, 5.41) is 0. The van der Waals surface area contributed by atoms with Crippen LogP contribution in [0.2, 0.25) is 0 Å². The molecule has 0 unspecified atom stereocenters. The maximum absolute atomic E-state index is 5.00. The van der Waals surface area contributed by atoms with Crippen molar-refractivity contribution in [1.29, 1.82) is 0 Å². The second kappa shape index (κ2) is 7.46. The number of hydrogen-bond acceptors (Lipinski definition) is 5. The zero-order valence-electron chi connectivity index (χ0n) is 18.3. The molecule has 0 spiro atoms. The Balaban J connectivity index is 1.37. The van der Waals surface area contributed by atoms with Crippen LogP contribution in [0.1, 0.15) is 5.56 Å². The van der Waals surface area contributed by atoms with E-state index < -0.39 is 0 Å². The molecule has 1 aliphatic rings. The van der Waals surface area contributed by atoms with Crippen LogP contribution < -0.4 is 4.90 Å². The number of rotatable bonds is 3. The summed E-state index contributed by atoms with van der Waals surface area (Å²) < 4.78 is 2.02. The SMILES string of the molecule is Cc1cc(-c2cnc3[nH]cc(-c4ccc5nccn5c4)c3n2)ccc1N1CCN(C)CC1. The fraction of sp³-hybridized carbons (Fsp3) is 0.240. The summed E-state index contributed by atoms with van der Waals surface area (Å²) in [5.41, 5.74) is 9.27. The second-order valence-corrected chi connectivity index (χ2v) is 8.56. The van der Waals surface area contributed by atoms with Crippen LogP contribution in [-0.4, -0.2) is 62.5 Å². The molecule has 7 heteroatoms. The van der Waals surface area contributed by atoms with E-state index >= 15 is 0 Å². The van der Waals surface area contributed by atoms with Gasteiger partial charge in [0, 0.05) is 73.3 Å². The van der Waals surface area contributed by atoms with Gasteiger partial charge in [-0.15, -0.1) is 0 Å². The van der Waals surface area contributed by atoms with Gasteiger partial charge in [0.2, 0.25) is 0 Å². The molecule has 32 heavy (non-hydrogen) atoms. The number of piperazine rings is 1. The number of hydrogen-bond donors (Lipinski definition) is 1. The Morgan fingerprint density at radius 1 is 0.969 bits per heavy atom. The molecule has 1 aliphatic heterocycles. The number of fused-ring (bicyclic) bond motifs is 2. The summed E-state index contributed by atoms with van der Waals surface area (Å²) in [6.45, 7) is 6.52. The summed E-state index contributed by atoms with van der Waals surface area (Å²) in [4.78, 5) is 22.1. The average molecular weight is 424 g/mol. The molecule has 0 aliphatic carbocycles. The molecule has 0 amide bonds. The lowest BCUT2D eigenvalue weighted by Gasteiger charge is -2.35. The number of imidazole rings is 1. The van der Waals surface area contributed by atoms with Crippen LogP contribution >= 0.6 is 0 Å². The minimum atomic E-state index is 0.792. The molecule has 0 radical (unpaired) electrons. The van der Waals surface area contributed by atoms with Crippen LogP contribution in [-0.2, 0) is 0 Å². The van der Waals surface area contributed by atoms with E-state index in [9.17, 15) is 0 Å². The van der Waals surface area contributed by atoms with Gasteiger partial charge in [0.05, 0.1) is 11.9 Å². The van der Waals surface area contributed by atoms with Gasteiger partial charge in [-0.25, -0.2) is 15.0 Å². The number of likely N-dealkylation sites (N-methyl/N-ethyl adjacent to an activating group) is 1. The lowest BCUT2D eigenvalue weighted by molar-refractivity contribution is 0.312. The van der Waals surface area contributed by atoms with Gasteiger partial charge in [0.15, 0.2) is 5.65 Å². The van der Waals surface area contributed by atoms with Crippen molar-refractivity contribution in [2.75, 3.05) is 38.1 Å². The predicted molar refractivity (Wildman–Crippen MR) is 128 cm³/mol. The molecule has 7 nitrogen and oxygen atoms in total. The minimum absolute atomic E-state index is 0.792. The Morgan fingerprint density at radius 3 is 2.66 bits per heavy atom. The van der Waals surface area contributed by atoms with Gasteiger partial charge < -0.3 is 19.2 Å². The fourth-order valence-corrected chi connectivity index (χ4v) is 4.55. The number of H-pyrrole nitrogens is 1. The third-order valence-electron chi connectivity index (χ3n) is 6.42. The molecule has 0 saturated carbocycles. The van der Waals surface area contributed by atoms with E-state index in [-0.39, 0.29) is 0 Å². The zero-order valence-corrected chi connectivity index (χ0v) is 18.3. The van der Waals surface area contributed by atoms with E-state index in [1.807, 2.05) is 29.1 Å². The first-order valence-corrected chi connectivity index (χ1v) is 11.0. The first kappa shape index (κ1) is 19.0. The molecule has 5 aromatic rings. The first-order valence-electron chi connectivity index (χ1n) is 11.0. The highest BCUT2D eigenvalue weighted by molar-refractivity contribution is 5.91. The van der Waals surface area contributed by atoms with E-state index in [2.05, 4.69) is 69.2 Å². The molecule has 1 N–H and O–H groups in total. The largest absolute Gasteiger partial charge is 0.369 e. The Hall–Kier alpha value is -3.71. The number of pyridine rings is 1. The van der Waals surface area contributed by atoms with Crippen molar-refractivity contribution in [2.45, 2.75) is 6.92 Å². The maximum Gasteiger partial charge on any atom is 0.156 e. The van der Waals surface area contributed by atoms with Gasteiger partial charge in [-0.3, -0.25) is 0 Å². The van der Waals surface area contributed by atoms with Crippen LogP contribution in [0.4, 0.5) is 5.69 Å². The van der Waals surface area contributed by atoms with Crippen LogP contribution in [0.3, 0.4) is 0 Å². The Labute approximate surface area is 186 Å². The number of aromatic amines is 1. The molecule has 1 saturated heterocycles. The van der Waals surface area contributed by atoms with Crippen molar-refractivity contribution < 1.29 is 0 Å². The van der Waals surface area contributed by atoms with Crippen molar-refractivity contribution >= 4 is 22.5 Å². The van der Waals surface area contributed by atoms with Crippen molar-refractivity contribution in [2.24, 2.45) is 0 Å². The highest BCUT2D eigenvalue weighted by atomic mass is 15.2. The number of nitrogens with one attached hydrogen (secondary N) is 1. The highest BCUT2D eigenvalue weighted by Crippen LogP contribution is 2.30. The van der Waals surface area contributed by atoms with Gasteiger partial charge in [-0.1, -0.05) is 6.07 Å². The third kappa shape index (κ3) is 3.22. The Bertz CT molecular complexity index is 1420. The number of aromatic nitrogens is 5. The summed E-state index contributed by atoms with van der Waals surface area (Å²) in [6.07, 6.45) is 9.67. The molecular weight excluding hydrogens is 398 g/mol. The standard InChI is InChI=1S/C25H25N7/c1-17-13-18(3-5-22(17)31-11-9-30(2)10-12-31)21-15-28-25-24(29-21)20(14-27-25)19-4-6-23-26-7-8-32(23)16-19/h3-8,13-16H,9-12H2,1-2H3,(H,27,28). The number of nitrogens with zero attached hydrogens (tertiary/aromatic N) is 6. The van der Waals surface area contributed by atoms with Crippen LogP contribution in [0.5, 0.6) is 0 Å². The van der Waals surface area contributed by atoms with Crippen molar-refractivity contribution in [3.05, 3.63) is 66.9 Å². The minimum Gasteiger partial charge on any atom is -0.369 e. The van der Waals surface area contributed by atoms with Gasteiger partial charge in [0.25, 0.3) is 0 Å². The quantitative estimate of drug-likeness (QED) is 0.475. The van der Waals surface area contributed by atoms with Crippen molar-refractivity contribution in [3.63, 3.8) is 0 Å². The normalized spacial score (nSPS) is 15.1. The van der Waals surface area contributed by atoms with Gasteiger partial charge in [-0.05, 0) is 43.8 Å². The molecule has 4 aromatic heterocycles. The molecule has 0 bridgehead atoms. The lowest BCUT2D eigenvalue weighted by Crippen LogP contribution is -2.44. The molecule has 6 rings (SSSR count).